The Labute approximate surface area is 151 Å². The van der Waals surface area contributed by atoms with E-state index in [1.165, 1.54) is 0 Å². The van der Waals surface area contributed by atoms with E-state index in [1.54, 1.807) is 14.2 Å². The maximum absolute atomic E-state index is 5.96. The monoisotopic (exact) mass is 481 g/mol. The van der Waals surface area contributed by atoms with Gasteiger partial charge in [0.05, 0.1) is 14.2 Å². The Bertz CT molecular complexity index is 652. The summed E-state index contributed by atoms with van der Waals surface area (Å²) in [6, 6.07) is 9.63. The van der Waals surface area contributed by atoms with E-state index < -0.39 is 0 Å². The van der Waals surface area contributed by atoms with E-state index in [0.29, 0.717) is 18.0 Å². The Morgan fingerprint density at radius 2 is 1.81 bits per heavy atom. The lowest BCUT2D eigenvalue weighted by atomic mass is 10.2. The van der Waals surface area contributed by atoms with Crippen LogP contribution < -0.4 is 14.8 Å². The molecule has 0 saturated carbocycles. The van der Waals surface area contributed by atoms with Crippen LogP contribution in [-0.2, 0) is 6.54 Å². The van der Waals surface area contributed by atoms with Gasteiger partial charge in [-0.25, -0.2) is 0 Å². The minimum absolute atomic E-state index is 0.665. The van der Waals surface area contributed by atoms with Crippen LogP contribution in [0.1, 0.15) is 5.56 Å². The number of anilines is 1. The van der Waals surface area contributed by atoms with E-state index >= 15 is 0 Å². The van der Waals surface area contributed by atoms with Gasteiger partial charge in [0.25, 0.3) is 0 Å². The third-order valence-electron chi connectivity index (χ3n) is 2.95. The Morgan fingerprint density at radius 1 is 1.14 bits per heavy atom. The molecule has 0 saturated heterocycles. The first-order valence-electron chi connectivity index (χ1n) is 6.14. The van der Waals surface area contributed by atoms with E-state index in [-0.39, 0.29) is 0 Å². The lowest BCUT2D eigenvalue weighted by Crippen LogP contribution is -2.03. The van der Waals surface area contributed by atoms with Crippen LogP contribution in [0.25, 0.3) is 0 Å². The average molecular weight is 483 g/mol. The molecule has 0 fully saturated rings. The van der Waals surface area contributed by atoms with Crippen LogP contribution in [0.4, 0.5) is 5.69 Å². The number of ether oxygens (including phenoxy) is 2. The maximum Gasteiger partial charge on any atom is 0.161 e. The van der Waals surface area contributed by atoms with Gasteiger partial charge in [0, 0.05) is 25.3 Å². The fourth-order valence-electron chi connectivity index (χ4n) is 1.86. The molecule has 21 heavy (non-hydrogen) atoms. The highest BCUT2D eigenvalue weighted by atomic mass is 127. The Balaban J connectivity index is 2.19. The van der Waals surface area contributed by atoms with E-state index in [2.05, 4.69) is 43.8 Å². The first kappa shape index (κ1) is 16.7. The number of methoxy groups -OCH3 is 2. The molecule has 0 aliphatic carbocycles. The van der Waals surface area contributed by atoms with Crippen LogP contribution in [0.2, 0.25) is 5.02 Å². The van der Waals surface area contributed by atoms with Crippen molar-refractivity contribution in [3.8, 4) is 11.5 Å². The highest BCUT2D eigenvalue weighted by Gasteiger charge is 2.10. The molecule has 112 valence electrons. The zero-order chi connectivity index (χ0) is 15.4. The topological polar surface area (TPSA) is 30.5 Å². The van der Waals surface area contributed by atoms with Crippen molar-refractivity contribution in [3.05, 3.63) is 49.0 Å². The number of hydrogen-bond acceptors (Lipinski definition) is 3. The normalized spacial score (nSPS) is 10.3. The molecule has 0 bridgehead atoms. The van der Waals surface area contributed by atoms with Gasteiger partial charge in [-0.2, -0.15) is 0 Å². The number of benzene rings is 2. The summed E-state index contributed by atoms with van der Waals surface area (Å²) in [6.45, 7) is 0.665. The molecule has 3 nitrogen and oxygen atoms in total. The van der Waals surface area contributed by atoms with E-state index in [1.807, 2.05) is 30.3 Å². The first-order chi connectivity index (χ1) is 10.0. The highest BCUT2D eigenvalue weighted by Crippen LogP contribution is 2.34. The van der Waals surface area contributed by atoms with Crippen molar-refractivity contribution in [2.24, 2.45) is 0 Å². The molecule has 1 N–H and O–H groups in total. The predicted molar refractivity (Wildman–Crippen MR) is 98.7 cm³/mol. The van der Waals surface area contributed by atoms with Crippen molar-refractivity contribution in [2.75, 3.05) is 19.5 Å². The molecule has 0 aromatic heterocycles. The fourth-order valence-corrected chi connectivity index (χ4v) is 3.38. The molecule has 0 aliphatic rings. The van der Waals surface area contributed by atoms with Crippen LogP contribution in [0.3, 0.4) is 0 Å². The second-order valence-corrected chi connectivity index (χ2v) is 6.73. The van der Waals surface area contributed by atoms with Gasteiger partial charge in [-0.05, 0) is 58.5 Å². The zero-order valence-corrected chi connectivity index (χ0v) is 16.0. The quantitative estimate of drug-likeness (QED) is 0.584. The molecule has 0 amide bonds. The van der Waals surface area contributed by atoms with Crippen molar-refractivity contribution < 1.29 is 9.47 Å². The Hall–Kier alpha value is -0.660. The van der Waals surface area contributed by atoms with Crippen LogP contribution in [-0.4, -0.2) is 14.2 Å². The maximum atomic E-state index is 5.96. The summed E-state index contributed by atoms with van der Waals surface area (Å²) in [4.78, 5) is 0. The molecule has 2 aromatic carbocycles. The van der Waals surface area contributed by atoms with Crippen molar-refractivity contribution in [1.29, 1.82) is 0 Å². The summed E-state index contributed by atoms with van der Waals surface area (Å²) < 4.78 is 12.7. The van der Waals surface area contributed by atoms with Gasteiger partial charge in [-0.3, -0.25) is 0 Å². The Kier molecular flexibility index (Phi) is 6.01. The molecule has 0 spiro atoms. The Morgan fingerprint density at radius 3 is 2.43 bits per heavy atom. The third kappa shape index (κ3) is 4.17. The van der Waals surface area contributed by atoms with Gasteiger partial charge in [0.1, 0.15) is 0 Å². The number of nitrogens with one attached hydrogen (secondary N) is 1. The van der Waals surface area contributed by atoms with Crippen LogP contribution in [0.15, 0.2) is 34.8 Å². The molecule has 0 unspecified atom stereocenters. The molecule has 2 aromatic rings. The minimum Gasteiger partial charge on any atom is -0.493 e. The standard InChI is InChI=1S/C15H14BrClINO2/c1-20-14-5-9(11(16)7-15(14)21-2)8-19-13-4-3-10(17)6-12(13)18/h3-7,19H,8H2,1-2H3. The van der Waals surface area contributed by atoms with Crippen LogP contribution in [0, 0.1) is 3.57 Å². The molecule has 0 atom stereocenters. The molecular formula is C15H14BrClINO2. The molecule has 6 heteroatoms. The third-order valence-corrected chi connectivity index (χ3v) is 4.82. The second-order valence-electron chi connectivity index (χ2n) is 4.28. The second kappa shape index (κ2) is 7.56. The molecule has 0 aliphatic heterocycles. The van der Waals surface area contributed by atoms with Gasteiger partial charge in [-0.15, -0.1) is 0 Å². The zero-order valence-electron chi connectivity index (χ0n) is 11.5. The molecule has 0 radical (unpaired) electrons. The van der Waals surface area contributed by atoms with Gasteiger partial charge in [0.15, 0.2) is 11.5 Å². The van der Waals surface area contributed by atoms with Crippen LogP contribution >= 0.6 is 50.1 Å². The SMILES string of the molecule is COc1cc(Br)c(CNc2ccc(Cl)cc2I)cc1OC. The largest absolute Gasteiger partial charge is 0.493 e. The lowest BCUT2D eigenvalue weighted by Gasteiger charge is -2.14. The van der Waals surface area contributed by atoms with Crippen molar-refractivity contribution in [3.63, 3.8) is 0 Å². The fraction of sp³-hybridized carbons (Fsp3) is 0.200. The smallest absolute Gasteiger partial charge is 0.161 e. The van der Waals surface area contributed by atoms with Gasteiger partial charge in [-0.1, -0.05) is 27.5 Å². The van der Waals surface area contributed by atoms with Gasteiger partial charge >= 0.3 is 0 Å². The molecular weight excluding hydrogens is 468 g/mol. The average Bonchev–Trinajstić information content (AvgIpc) is 2.47. The van der Waals surface area contributed by atoms with Crippen molar-refractivity contribution >= 4 is 55.8 Å². The van der Waals surface area contributed by atoms with Gasteiger partial charge in [0.2, 0.25) is 0 Å². The van der Waals surface area contributed by atoms with Crippen molar-refractivity contribution in [2.45, 2.75) is 6.54 Å². The van der Waals surface area contributed by atoms with Crippen molar-refractivity contribution in [1.82, 2.24) is 0 Å². The first-order valence-corrected chi connectivity index (χ1v) is 8.39. The lowest BCUT2D eigenvalue weighted by molar-refractivity contribution is 0.354. The number of halogens is 3. The summed E-state index contributed by atoms with van der Waals surface area (Å²) in [7, 11) is 3.25. The molecule has 0 heterocycles. The summed E-state index contributed by atoms with van der Waals surface area (Å²) >= 11 is 11.8. The summed E-state index contributed by atoms with van der Waals surface area (Å²) in [5.41, 5.74) is 2.13. The van der Waals surface area contributed by atoms with E-state index in [4.69, 9.17) is 21.1 Å². The minimum atomic E-state index is 0.665. The summed E-state index contributed by atoms with van der Waals surface area (Å²) in [5, 5.41) is 4.13. The highest BCUT2D eigenvalue weighted by molar-refractivity contribution is 14.1. The number of hydrogen-bond donors (Lipinski definition) is 1. The van der Waals surface area contributed by atoms with Crippen LogP contribution in [0.5, 0.6) is 11.5 Å². The van der Waals surface area contributed by atoms with E-state index in [0.717, 1.165) is 24.3 Å². The predicted octanol–water partition coefficient (Wildman–Crippen LogP) is 5.34. The number of rotatable bonds is 5. The summed E-state index contributed by atoms with van der Waals surface area (Å²) in [6.07, 6.45) is 0. The summed E-state index contributed by atoms with van der Waals surface area (Å²) in [5.74, 6) is 1.41. The molecule has 2 rings (SSSR count). The van der Waals surface area contributed by atoms with E-state index in [9.17, 15) is 0 Å². The van der Waals surface area contributed by atoms with Gasteiger partial charge < -0.3 is 14.8 Å².